The second-order valence-electron chi connectivity index (χ2n) is 7.07. The van der Waals surface area contributed by atoms with Crippen molar-refractivity contribution in [3.05, 3.63) is 65.4 Å². The van der Waals surface area contributed by atoms with E-state index in [0.29, 0.717) is 10.9 Å². The zero-order chi connectivity index (χ0) is 27.6. The lowest BCUT2D eigenvalue weighted by atomic mass is 9.97. The number of amides is 1. The fourth-order valence-corrected chi connectivity index (χ4v) is 3.40. The fourth-order valence-electron chi connectivity index (χ4n) is 3.40. The minimum atomic E-state index is -3.02. The minimum absolute atomic E-state index is 0.0857. The van der Waals surface area contributed by atoms with Crippen molar-refractivity contribution >= 4 is 28.5 Å². The third-order valence-electron chi connectivity index (χ3n) is 4.70. The summed E-state index contributed by atoms with van der Waals surface area (Å²) < 4.78 is 63.8. The number of Topliss-reactive ketones (excluding diaryl/α,β-unsaturated/α-hetero) is 1. The molecule has 5 heteroatoms. The predicted octanol–water partition coefficient (Wildman–Crippen LogP) is 5.04. The number of anilines is 1. The molecule has 0 saturated heterocycles. The molecule has 5 nitrogen and oxygen atoms in total. The Hall–Kier alpha value is -3.08. The highest BCUT2D eigenvalue weighted by atomic mass is 16.2. The molecule has 2 aromatic heterocycles. The van der Waals surface area contributed by atoms with Gasteiger partial charge in [0.2, 0.25) is 0 Å². The van der Waals surface area contributed by atoms with Crippen molar-refractivity contribution in [2.24, 2.45) is 5.89 Å². The van der Waals surface area contributed by atoms with E-state index in [0.717, 1.165) is 0 Å². The molecule has 3 heterocycles. The van der Waals surface area contributed by atoms with Gasteiger partial charge in [0.25, 0.3) is 5.91 Å². The average molecular weight is 396 g/mol. The number of benzene rings is 1. The average Bonchev–Trinajstić information content (AvgIpc) is 3.08. The Morgan fingerprint density at radius 3 is 2.79 bits per heavy atom. The second-order valence-corrected chi connectivity index (χ2v) is 7.07. The summed E-state index contributed by atoms with van der Waals surface area (Å²) in [7, 11) is 0. The quantitative estimate of drug-likeness (QED) is 0.587. The molecule has 1 amide bonds. The first-order valence-corrected chi connectivity index (χ1v) is 9.21. The molecule has 148 valence electrons. The van der Waals surface area contributed by atoms with E-state index in [1.54, 1.807) is 36.4 Å². The van der Waals surface area contributed by atoms with Crippen molar-refractivity contribution in [3.63, 3.8) is 0 Å². The van der Waals surface area contributed by atoms with Gasteiger partial charge in [-0.05, 0) is 55.0 Å². The highest BCUT2D eigenvalue weighted by Gasteiger charge is 2.39. The Morgan fingerprint density at radius 2 is 2.00 bits per heavy atom. The molecular weight excluding hydrogens is 362 g/mol. The Morgan fingerprint density at radius 1 is 1.21 bits per heavy atom. The molecule has 1 aliphatic rings. The van der Waals surface area contributed by atoms with Gasteiger partial charge >= 0.3 is 0 Å². The first-order chi connectivity index (χ1) is 17.0. The number of aryl methyl sites for hydroxylation is 1. The summed E-state index contributed by atoms with van der Waals surface area (Å²) in [5.74, 6) is -3.41. The summed E-state index contributed by atoms with van der Waals surface area (Å²) in [4.78, 5) is 36.4. The van der Waals surface area contributed by atoms with Crippen molar-refractivity contribution in [2.45, 2.75) is 45.9 Å². The van der Waals surface area contributed by atoms with Crippen LogP contribution in [0.4, 0.5) is 5.82 Å². The lowest BCUT2D eigenvalue weighted by molar-refractivity contribution is -0.119. The van der Waals surface area contributed by atoms with Crippen molar-refractivity contribution < 1.29 is 20.6 Å². The number of nitrogens with zero attached hydrogens (tertiary/aromatic N) is 3. The van der Waals surface area contributed by atoms with Gasteiger partial charge in [0.05, 0.1) is 6.04 Å². The van der Waals surface area contributed by atoms with Crippen molar-refractivity contribution in [3.8, 4) is 0 Å². The van der Waals surface area contributed by atoms with Gasteiger partial charge in [-0.2, -0.15) is 0 Å². The van der Waals surface area contributed by atoms with Crippen LogP contribution in [0.25, 0.3) is 11.0 Å². The zero-order valence-electron chi connectivity index (χ0n) is 24.1. The predicted molar refractivity (Wildman–Crippen MR) is 114 cm³/mol. The van der Waals surface area contributed by atoms with E-state index >= 15 is 0 Å². The summed E-state index contributed by atoms with van der Waals surface area (Å²) in [6.45, 7) is -0.0760. The number of fused-ring (bicyclic) bond motifs is 2. The molecule has 0 bridgehead atoms. The summed E-state index contributed by atoms with van der Waals surface area (Å²) in [5.41, 5.74) is 0.660. The number of rotatable bonds is 6. The Kier molecular flexibility index (Phi) is 3.15. The smallest absolute Gasteiger partial charge is 0.260 e. The lowest BCUT2D eigenvalue weighted by Crippen LogP contribution is -2.30. The standard InChI is InChI=1S/C24H25N3O2/c1-15(2)8-12-18(28)14-21-19-6-4-5-7-20(19)24(29)27(21)22-13-11-17-10-9-16(3)25-23(17)26-22/h4-7,9-11,13,15,21H,8,12,14H2,1-3H3/t21-/m0/s1/i3D3,8D2,12D2,15D. The Balaban J connectivity index is 1.79. The minimum Gasteiger partial charge on any atom is -0.300 e. The SMILES string of the molecule is [2H]C([2H])([2H])c1ccc2ccc(N3C(=O)c4ccccc4[C@@H]3CC(=O)C([2H])([2H])C([2H])([2H])C([2H])(C)C)nc2n1. The van der Waals surface area contributed by atoms with Gasteiger partial charge in [0, 0.05) is 40.4 Å². The fraction of sp³-hybridized carbons (Fsp3) is 0.333. The zero-order valence-corrected chi connectivity index (χ0v) is 16.1. The molecule has 0 radical (unpaired) electrons. The number of aromatic nitrogens is 2. The van der Waals surface area contributed by atoms with E-state index in [4.69, 9.17) is 11.0 Å². The molecular formula is C24H25N3O2. The number of carbonyl (C=O) groups is 2. The van der Waals surface area contributed by atoms with E-state index < -0.39 is 49.6 Å². The molecule has 0 aliphatic carbocycles. The number of pyridine rings is 2. The molecule has 1 aromatic carbocycles. The third kappa shape index (κ3) is 3.77. The molecule has 1 atom stereocenters. The van der Waals surface area contributed by atoms with Crippen molar-refractivity contribution in [1.29, 1.82) is 0 Å². The highest BCUT2D eigenvalue weighted by Crippen LogP contribution is 2.39. The van der Waals surface area contributed by atoms with Crippen LogP contribution in [0.3, 0.4) is 0 Å². The largest absolute Gasteiger partial charge is 0.300 e. The van der Waals surface area contributed by atoms with E-state index in [-0.39, 0.29) is 22.7 Å². The highest BCUT2D eigenvalue weighted by molar-refractivity contribution is 6.11. The van der Waals surface area contributed by atoms with E-state index in [1.807, 2.05) is 0 Å². The summed E-state index contributed by atoms with van der Waals surface area (Å²) in [5, 5.41) is 0.538. The van der Waals surface area contributed by atoms with Gasteiger partial charge in [0.15, 0.2) is 5.65 Å². The molecule has 0 unspecified atom stereocenters. The second kappa shape index (κ2) is 7.74. The first-order valence-electron chi connectivity index (χ1n) is 13.2. The van der Waals surface area contributed by atoms with Crippen molar-refractivity contribution in [1.82, 2.24) is 9.97 Å². The molecule has 0 N–H and O–H groups in total. The first kappa shape index (κ1) is 11.8. The van der Waals surface area contributed by atoms with Gasteiger partial charge in [0.1, 0.15) is 11.6 Å². The van der Waals surface area contributed by atoms with Gasteiger partial charge in [-0.1, -0.05) is 32.0 Å². The summed E-state index contributed by atoms with van der Waals surface area (Å²) >= 11 is 0. The molecule has 0 spiro atoms. The number of carbonyl (C=O) groups excluding carboxylic acids is 2. The van der Waals surface area contributed by atoms with Crippen LogP contribution in [0.2, 0.25) is 0 Å². The van der Waals surface area contributed by atoms with Gasteiger partial charge in [-0.15, -0.1) is 0 Å². The maximum atomic E-state index is 13.4. The summed E-state index contributed by atoms with van der Waals surface area (Å²) in [6.07, 6.45) is -6.40. The molecule has 3 aromatic rings. The monoisotopic (exact) mass is 395 g/mol. The van der Waals surface area contributed by atoms with Gasteiger partial charge < -0.3 is 0 Å². The van der Waals surface area contributed by atoms with Crippen LogP contribution < -0.4 is 4.90 Å². The van der Waals surface area contributed by atoms with Crippen LogP contribution in [-0.4, -0.2) is 21.7 Å². The Labute approximate surface area is 182 Å². The lowest BCUT2D eigenvalue weighted by Gasteiger charge is -2.24. The third-order valence-corrected chi connectivity index (χ3v) is 4.70. The number of hydrogen-bond donors (Lipinski definition) is 0. The van der Waals surface area contributed by atoms with E-state index in [9.17, 15) is 9.59 Å². The molecule has 0 fully saturated rings. The Bertz CT molecular complexity index is 1400. The molecule has 29 heavy (non-hydrogen) atoms. The van der Waals surface area contributed by atoms with Crippen LogP contribution in [0, 0.1) is 12.7 Å². The van der Waals surface area contributed by atoms with Gasteiger partial charge in [-0.25, -0.2) is 9.97 Å². The number of hydrogen-bond acceptors (Lipinski definition) is 4. The van der Waals surface area contributed by atoms with Crippen LogP contribution in [0.5, 0.6) is 0 Å². The van der Waals surface area contributed by atoms with Crippen LogP contribution >= 0.6 is 0 Å². The van der Waals surface area contributed by atoms with Gasteiger partial charge in [-0.3, -0.25) is 14.5 Å². The van der Waals surface area contributed by atoms with Crippen LogP contribution in [-0.2, 0) is 4.79 Å². The molecule has 0 saturated carbocycles. The van der Waals surface area contributed by atoms with E-state index in [1.165, 1.54) is 30.9 Å². The maximum absolute atomic E-state index is 13.4. The number of ketones is 1. The summed E-state index contributed by atoms with van der Waals surface area (Å²) in [6, 6.07) is 11.6. The normalized spacial score (nSPS) is 21.8. The maximum Gasteiger partial charge on any atom is 0.260 e. The van der Waals surface area contributed by atoms with Crippen LogP contribution in [0.1, 0.15) is 71.6 Å². The topological polar surface area (TPSA) is 63.2 Å². The van der Waals surface area contributed by atoms with Crippen LogP contribution in [0.15, 0.2) is 48.5 Å². The molecule has 1 aliphatic heterocycles. The van der Waals surface area contributed by atoms with Crippen molar-refractivity contribution in [2.75, 3.05) is 4.90 Å². The van der Waals surface area contributed by atoms with E-state index in [2.05, 4.69) is 9.97 Å². The molecule has 4 rings (SSSR count).